The fourth-order valence-electron chi connectivity index (χ4n) is 1.81. The molecule has 2 aromatic rings. The van der Waals surface area contributed by atoms with Crippen LogP contribution in [0.15, 0.2) is 48.7 Å². The van der Waals surface area contributed by atoms with E-state index in [9.17, 15) is 9.59 Å². The van der Waals surface area contributed by atoms with Crippen LogP contribution in [0.5, 0.6) is 0 Å². The molecule has 5 nitrogen and oxygen atoms in total. The van der Waals surface area contributed by atoms with Gasteiger partial charge in [-0.1, -0.05) is 30.3 Å². The minimum atomic E-state index is -0.432. The number of esters is 1. The number of amides is 1. The van der Waals surface area contributed by atoms with Crippen LogP contribution in [0.2, 0.25) is 0 Å². The molecule has 2 rings (SSSR count). The Bertz CT molecular complexity index is 626. The Morgan fingerprint density at radius 2 is 1.95 bits per heavy atom. The van der Waals surface area contributed by atoms with Gasteiger partial charge in [-0.15, -0.1) is 0 Å². The van der Waals surface area contributed by atoms with Crippen molar-refractivity contribution < 1.29 is 14.3 Å². The van der Waals surface area contributed by atoms with Gasteiger partial charge in [-0.05, 0) is 24.6 Å². The highest BCUT2D eigenvalue weighted by Gasteiger charge is 2.09. The van der Waals surface area contributed by atoms with Gasteiger partial charge in [0.05, 0.1) is 18.6 Å². The molecule has 1 amide bonds. The first-order chi connectivity index (χ1) is 10.2. The Kier molecular flexibility index (Phi) is 5.04. The topological polar surface area (TPSA) is 68.3 Å². The number of hydrogen-bond donors (Lipinski definition) is 1. The lowest BCUT2D eigenvalue weighted by Crippen LogP contribution is -2.16. The average Bonchev–Trinajstić information content (AvgIpc) is 2.48. The normalized spacial score (nSPS) is 9.95. The number of rotatable bonds is 5. The van der Waals surface area contributed by atoms with Crippen LogP contribution in [-0.4, -0.2) is 23.5 Å². The van der Waals surface area contributed by atoms with E-state index in [1.165, 1.54) is 12.3 Å². The van der Waals surface area contributed by atoms with E-state index < -0.39 is 5.97 Å². The first-order valence-corrected chi connectivity index (χ1v) is 6.66. The third kappa shape index (κ3) is 4.42. The predicted octanol–water partition coefficient (Wildman–Crippen LogP) is 2.44. The predicted molar refractivity (Wildman–Crippen MR) is 79.0 cm³/mol. The SMILES string of the molecule is CCOC(=O)c1ccnc(NC(=O)Cc2ccccc2)c1. The van der Waals surface area contributed by atoms with Crippen molar-refractivity contribution in [2.45, 2.75) is 13.3 Å². The zero-order chi connectivity index (χ0) is 15.1. The monoisotopic (exact) mass is 284 g/mol. The quantitative estimate of drug-likeness (QED) is 0.856. The van der Waals surface area contributed by atoms with Gasteiger partial charge in [0.15, 0.2) is 0 Å². The lowest BCUT2D eigenvalue weighted by atomic mass is 10.1. The first kappa shape index (κ1) is 14.7. The van der Waals surface area contributed by atoms with E-state index in [-0.39, 0.29) is 12.3 Å². The third-order valence-corrected chi connectivity index (χ3v) is 2.75. The molecule has 1 aromatic carbocycles. The molecule has 0 bridgehead atoms. The summed E-state index contributed by atoms with van der Waals surface area (Å²) < 4.78 is 4.90. The highest BCUT2D eigenvalue weighted by molar-refractivity contribution is 5.94. The van der Waals surface area contributed by atoms with Gasteiger partial charge in [-0.25, -0.2) is 9.78 Å². The van der Waals surface area contributed by atoms with Gasteiger partial charge in [0.2, 0.25) is 5.91 Å². The van der Waals surface area contributed by atoms with Crippen LogP contribution in [0.3, 0.4) is 0 Å². The highest BCUT2D eigenvalue weighted by atomic mass is 16.5. The Morgan fingerprint density at radius 3 is 2.67 bits per heavy atom. The van der Waals surface area contributed by atoms with E-state index in [4.69, 9.17) is 4.74 Å². The van der Waals surface area contributed by atoms with E-state index in [1.807, 2.05) is 30.3 Å². The summed E-state index contributed by atoms with van der Waals surface area (Å²) in [6.07, 6.45) is 1.72. The van der Waals surface area contributed by atoms with Crippen LogP contribution >= 0.6 is 0 Å². The van der Waals surface area contributed by atoms with Gasteiger partial charge in [0.1, 0.15) is 5.82 Å². The third-order valence-electron chi connectivity index (χ3n) is 2.75. The Balaban J connectivity index is 2.01. The molecular formula is C16H16N2O3. The maximum absolute atomic E-state index is 11.9. The number of ether oxygens (including phenoxy) is 1. The number of benzene rings is 1. The molecule has 0 aliphatic rings. The van der Waals surface area contributed by atoms with Crippen molar-refractivity contribution in [2.24, 2.45) is 0 Å². The minimum absolute atomic E-state index is 0.185. The number of hydrogen-bond acceptors (Lipinski definition) is 4. The smallest absolute Gasteiger partial charge is 0.338 e. The van der Waals surface area contributed by atoms with Crippen molar-refractivity contribution in [1.29, 1.82) is 0 Å². The van der Waals surface area contributed by atoms with Gasteiger partial charge in [0.25, 0.3) is 0 Å². The summed E-state index contributed by atoms with van der Waals surface area (Å²) in [6.45, 7) is 2.04. The average molecular weight is 284 g/mol. The van der Waals surface area contributed by atoms with Gasteiger partial charge in [-0.3, -0.25) is 4.79 Å². The summed E-state index contributed by atoms with van der Waals surface area (Å²) in [4.78, 5) is 27.6. The molecule has 1 heterocycles. The zero-order valence-corrected chi connectivity index (χ0v) is 11.7. The molecule has 1 N–H and O–H groups in total. The highest BCUT2D eigenvalue weighted by Crippen LogP contribution is 2.09. The number of nitrogens with zero attached hydrogens (tertiary/aromatic N) is 1. The maximum Gasteiger partial charge on any atom is 0.338 e. The molecule has 21 heavy (non-hydrogen) atoms. The van der Waals surface area contributed by atoms with Gasteiger partial charge >= 0.3 is 5.97 Å². The number of pyridine rings is 1. The van der Waals surface area contributed by atoms with Crippen LogP contribution in [-0.2, 0) is 16.0 Å². The lowest BCUT2D eigenvalue weighted by Gasteiger charge is -2.06. The maximum atomic E-state index is 11.9. The van der Waals surface area contributed by atoms with E-state index >= 15 is 0 Å². The van der Waals surface area contributed by atoms with Gasteiger partial charge < -0.3 is 10.1 Å². The van der Waals surface area contributed by atoms with Crippen molar-refractivity contribution in [3.05, 3.63) is 59.8 Å². The molecule has 0 aliphatic heterocycles. The molecule has 0 spiro atoms. The molecule has 108 valence electrons. The second kappa shape index (κ2) is 7.19. The minimum Gasteiger partial charge on any atom is -0.462 e. The van der Waals surface area contributed by atoms with Crippen molar-refractivity contribution in [1.82, 2.24) is 4.98 Å². The number of aromatic nitrogens is 1. The summed E-state index contributed by atoms with van der Waals surface area (Å²) in [5.74, 6) is -0.283. The molecule has 0 radical (unpaired) electrons. The Morgan fingerprint density at radius 1 is 1.19 bits per heavy atom. The van der Waals surface area contributed by atoms with E-state index in [0.29, 0.717) is 18.0 Å². The largest absolute Gasteiger partial charge is 0.462 e. The molecule has 0 unspecified atom stereocenters. The Hall–Kier alpha value is -2.69. The molecule has 1 aromatic heterocycles. The fourth-order valence-corrected chi connectivity index (χ4v) is 1.81. The second-order valence-electron chi connectivity index (χ2n) is 4.36. The lowest BCUT2D eigenvalue weighted by molar-refractivity contribution is -0.115. The molecular weight excluding hydrogens is 268 g/mol. The van der Waals surface area contributed by atoms with Crippen LogP contribution in [0.4, 0.5) is 5.82 Å². The van der Waals surface area contributed by atoms with E-state index in [0.717, 1.165) is 5.56 Å². The number of carbonyl (C=O) groups excluding carboxylic acids is 2. The van der Waals surface area contributed by atoms with Gasteiger partial charge in [-0.2, -0.15) is 0 Å². The van der Waals surface area contributed by atoms with Crippen molar-refractivity contribution in [3.63, 3.8) is 0 Å². The summed E-state index contributed by atoms with van der Waals surface area (Å²) in [5.41, 5.74) is 1.28. The van der Waals surface area contributed by atoms with Crippen molar-refractivity contribution >= 4 is 17.7 Å². The summed E-state index contributed by atoms with van der Waals surface area (Å²) in [7, 11) is 0. The summed E-state index contributed by atoms with van der Waals surface area (Å²) in [5, 5.41) is 2.67. The van der Waals surface area contributed by atoms with E-state index in [2.05, 4.69) is 10.3 Å². The molecule has 0 saturated carbocycles. The van der Waals surface area contributed by atoms with Crippen LogP contribution < -0.4 is 5.32 Å². The van der Waals surface area contributed by atoms with Crippen LogP contribution in [0.25, 0.3) is 0 Å². The van der Waals surface area contributed by atoms with Crippen LogP contribution in [0, 0.1) is 0 Å². The van der Waals surface area contributed by atoms with Crippen molar-refractivity contribution in [3.8, 4) is 0 Å². The zero-order valence-electron chi connectivity index (χ0n) is 11.7. The second-order valence-corrected chi connectivity index (χ2v) is 4.36. The molecule has 5 heteroatoms. The van der Waals surface area contributed by atoms with Gasteiger partial charge in [0, 0.05) is 6.20 Å². The summed E-state index contributed by atoms with van der Waals surface area (Å²) in [6, 6.07) is 12.5. The molecule has 0 atom stereocenters. The van der Waals surface area contributed by atoms with E-state index in [1.54, 1.807) is 13.0 Å². The number of carbonyl (C=O) groups is 2. The first-order valence-electron chi connectivity index (χ1n) is 6.66. The number of nitrogens with one attached hydrogen (secondary N) is 1. The molecule has 0 fully saturated rings. The van der Waals surface area contributed by atoms with Crippen LogP contribution in [0.1, 0.15) is 22.8 Å². The van der Waals surface area contributed by atoms with Crippen molar-refractivity contribution in [2.75, 3.05) is 11.9 Å². The molecule has 0 aliphatic carbocycles. The standard InChI is InChI=1S/C16H16N2O3/c1-2-21-16(20)13-8-9-17-14(11-13)18-15(19)10-12-6-4-3-5-7-12/h3-9,11H,2,10H2,1H3,(H,17,18,19). The fraction of sp³-hybridized carbons (Fsp3) is 0.188. The molecule has 0 saturated heterocycles. The Labute approximate surface area is 123 Å². The summed E-state index contributed by atoms with van der Waals surface area (Å²) >= 11 is 0. The number of anilines is 1.